The predicted molar refractivity (Wildman–Crippen MR) is 277 cm³/mol. The standard InChI is InChI=1S/C61H58BN3/c1-37-21-13-17-27-49(37)63(50-28-18-14-22-38(50)2)42-35-51-54-52(36-42)65-57-46(60(8)29-19-20-30-61(60,65)9)31-40(39-23-11-10-12-24-39)32-47(57)62(54)48-34-41(58(3,4)5)33-44-53-56(64(51)55(44)48)43-25-15-16-26-45(43)59(53,6)7/h10-18,21-28,31-36H,19-20,29-30H2,1-9H3. The fourth-order valence-corrected chi connectivity index (χ4v) is 13.8. The molecule has 320 valence electrons. The maximum absolute atomic E-state index is 2.91. The highest BCUT2D eigenvalue weighted by Crippen LogP contribution is 2.63. The lowest BCUT2D eigenvalue weighted by Gasteiger charge is -2.52. The molecule has 4 heterocycles. The minimum atomic E-state index is -0.182. The van der Waals surface area contributed by atoms with E-state index < -0.39 is 0 Å². The van der Waals surface area contributed by atoms with Gasteiger partial charge in [-0.1, -0.05) is 158 Å². The molecule has 0 radical (unpaired) electrons. The Morgan fingerprint density at radius 3 is 1.97 bits per heavy atom. The zero-order valence-electron chi connectivity index (χ0n) is 39.5. The second-order valence-electron chi connectivity index (χ2n) is 22.2. The molecule has 0 amide bonds. The first kappa shape index (κ1) is 39.1. The van der Waals surface area contributed by atoms with Crippen molar-refractivity contribution in [3.8, 4) is 28.1 Å². The van der Waals surface area contributed by atoms with Gasteiger partial charge in [0.05, 0.1) is 16.9 Å². The van der Waals surface area contributed by atoms with Crippen LogP contribution >= 0.6 is 0 Å². The van der Waals surface area contributed by atoms with Crippen molar-refractivity contribution < 1.29 is 0 Å². The maximum Gasteiger partial charge on any atom is 0.252 e. The van der Waals surface area contributed by atoms with Crippen molar-refractivity contribution in [3.63, 3.8) is 0 Å². The first-order valence-electron chi connectivity index (χ1n) is 24.2. The zero-order chi connectivity index (χ0) is 44.5. The predicted octanol–water partition coefficient (Wildman–Crippen LogP) is 13.9. The molecule has 0 spiro atoms. The monoisotopic (exact) mass is 843 g/mol. The number of nitrogens with zero attached hydrogens (tertiary/aromatic N) is 3. The molecule has 0 N–H and O–H groups in total. The number of aromatic nitrogens is 1. The average molecular weight is 844 g/mol. The Kier molecular flexibility index (Phi) is 7.81. The summed E-state index contributed by atoms with van der Waals surface area (Å²) in [5, 5.41) is 1.40. The number of para-hydroxylation sites is 2. The molecule has 13 rings (SSSR count). The number of benzene rings is 7. The Morgan fingerprint density at radius 2 is 1.26 bits per heavy atom. The lowest BCUT2D eigenvalue weighted by atomic mass is 9.33. The van der Waals surface area contributed by atoms with Crippen molar-refractivity contribution in [1.82, 2.24) is 4.57 Å². The summed E-state index contributed by atoms with van der Waals surface area (Å²) < 4.78 is 2.76. The van der Waals surface area contributed by atoms with E-state index in [-0.39, 0.29) is 28.5 Å². The molecule has 4 heteroatoms. The fraction of sp³-hybridized carbons (Fsp3) is 0.279. The lowest BCUT2D eigenvalue weighted by molar-refractivity contribution is 0.195. The van der Waals surface area contributed by atoms with Crippen LogP contribution in [0.5, 0.6) is 0 Å². The van der Waals surface area contributed by atoms with E-state index in [1.807, 2.05) is 0 Å². The van der Waals surface area contributed by atoms with Crippen LogP contribution in [0.3, 0.4) is 0 Å². The third kappa shape index (κ3) is 4.93. The average Bonchev–Trinajstić information content (AvgIpc) is 3.85. The van der Waals surface area contributed by atoms with Crippen molar-refractivity contribution in [2.45, 2.75) is 110 Å². The van der Waals surface area contributed by atoms with Gasteiger partial charge in [-0.25, -0.2) is 0 Å². The van der Waals surface area contributed by atoms with E-state index in [4.69, 9.17) is 0 Å². The van der Waals surface area contributed by atoms with E-state index >= 15 is 0 Å². The van der Waals surface area contributed by atoms with Crippen LogP contribution in [0.15, 0.2) is 140 Å². The van der Waals surface area contributed by atoms with Gasteiger partial charge in [0.15, 0.2) is 0 Å². The van der Waals surface area contributed by atoms with Gasteiger partial charge in [0.2, 0.25) is 0 Å². The maximum atomic E-state index is 2.91. The van der Waals surface area contributed by atoms with Gasteiger partial charge in [-0.15, -0.1) is 0 Å². The van der Waals surface area contributed by atoms with E-state index in [1.165, 1.54) is 136 Å². The highest BCUT2D eigenvalue weighted by atomic mass is 15.3. The second-order valence-corrected chi connectivity index (χ2v) is 22.2. The van der Waals surface area contributed by atoms with Crippen LogP contribution in [-0.4, -0.2) is 16.8 Å². The number of anilines is 5. The highest BCUT2D eigenvalue weighted by molar-refractivity contribution is 7.00. The van der Waals surface area contributed by atoms with Crippen LogP contribution in [-0.2, 0) is 16.2 Å². The van der Waals surface area contributed by atoms with Gasteiger partial charge in [-0.05, 0) is 136 Å². The number of rotatable bonds is 4. The number of hydrogen-bond donors (Lipinski definition) is 0. The van der Waals surface area contributed by atoms with E-state index in [0.717, 1.165) is 6.42 Å². The van der Waals surface area contributed by atoms with Crippen molar-refractivity contribution in [2.75, 3.05) is 9.80 Å². The molecule has 2 unspecified atom stereocenters. The van der Waals surface area contributed by atoms with Crippen molar-refractivity contribution >= 4 is 62.4 Å². The summed E-state index contributed by atoms with van der Waals surface area (Å²) in [5.74, 6) is 0. The molecule has 1 fully saturated rings. The smallest absolute Gasteiger partial charge is 0.252 e. The molecule has 2 atom stereocenters. The first-order valence-corrected chi connectivity index (χ1v) is 24.2. The molecule has 3 nitrogen and oxygen atoms in total. The Hall–Kier alpha value is -6.26. The van der Waals surface area contributed by atoms with E-state index in [1.54, 1.807) is 0 Å². The lowest BCUT2D eigenvalue weighted by Crippen LogP contribution is -2.64. The Labute approximate surface area is 385 Å². The normalized spacial score (nSPS) is 20.3. The molecule has 1 aromatic heterocycles. The van der Waals surface area contributed by atoms with Crippen LogP contribution in [0.1, 0.15) is 108 Å². The largest absolute Gasteiger partial charge is 0.335 e. The summed E-state index contributed by atoms with van der Waals surface area (Å²) in [7, 11) is 0. The summed E-state index contributed by atoms with van der Waals surface area (Å²) in [6.45, 7) is 22.0. The topological polar surface area (TPSA) is 11.4 Å². The Morgan fingerprint density at radius 1 is 0.615 bits per heavy atom. The minimum Gasteiger partial charge on any atom is -0.335 e. The third-order valence-electron chi connectivity index (χ3n) is 17.3. The Balaban J connectivity index is 1.24. The molecule has 3 aliphatic heterocycles. The van der Waals surface area contributed by atoms with Crippen LogP contribution in [0.25, 0.3) is 39.0 Å². The molecule has 1 saturated carbocycles. The molecule has 0 bridgehead atoms. The summed E-state index contributed by atoms with van der Waals surface area (Å²) in [6.07, 6.45) is 4.81. The van der Waals surface area contributed by atoms with Crippen molar-refractivity contribution in [1.29, 1.82) is 0 Å². The third-order valence-corrected chi connectivity index (χ3v) is 17.3. The van der Waals surface area contributed by atoms with Crippen molar-refractivity contribution in [3.05, 3.63) is 173 Å². The van der Waals surface area contributed by atoms with Crippen LogP contribution in [0.2, 0.25) is 0 Å². The van der Waals surface area contributed by atoms with E-state index in [0.29, 0.717) is 0 Å². The Bertz CT molecular complexity index is 3320. The zero-order valence-corrected chi connectivity index (χ0v) is 39.5. The fourth-order valence-electron chi connectivity index (χ4n) is 13.8. The number of fused-ring (bicyclic) bond motifs is 12. The molecule has 7 aromatic carbocycles. The quantitative estimate of drug-likeness (QED) is 0.164. The molecule has 5 aliphatic rings. The SMILES string of the molecule is Cc1ccccc1N(c1cc2c3c(c1)-n1c4c(c5cc(C(C)(C)C)cc(c51)B3c1cc(-c3ccccc3)cc3c1N2C1(C)CCCCC31C)C(C)(C)c1ccccc1-4)c1ccccc1C. The van der Waals surface area contributed by atoms with Gasteiger partial charge in [-0.2, -0.15) is 0 Å². The summed E-state index contributed by atoms with van der Waals surface area (Å²) in [6, 6.07) is 54.1. The van der Waals surface area contributed by atoms with Gasteiger partial charge in [0.1, 0.15) is 0 Å². The van der Waals surface area contributed by atoms with Gasteiger partial charge in [0.25, 0.3) is 6.71 Å². The second kappa shape index (κ2) is 13.0. The molecular weight excluding hydrogens is 786 g/mol. The minimum absolute atomic E-state index is 0.0374. The van der Waals surface area contributed by atoms with E-state index in [2.05, 4.69) is 216 Å². The van der Waals surface area contributed by atoms with E-state index in [9.17, 15) is 0 Å². The number of hydrogen-bond acceptors (Lipinski definition) is 2. The summed E-state index contributed by atoms with van der Waals surface area (Å²) in [5.41, 5.74) is 26.8. The highest BCUT2D eigenvalue weighted by Gasteiger charge is 2.61. The molecule has 65 heavy (non-hydrogen) atoms. The molecular formula is C61H58BN3. The summed E-state index contributed by atoms with van der Waals surface area (Å²) >= 11 is 0. The van der Waals surface area contributed by atoms with Gasteiger partial charge >= 0.3 is 0 Å². The van der Waals surface area contributed by atoms with Crippen LogP contribution in [0.4, 0.5) is 28.4 Å². The number of aryl methyl sites for hydroxylation is 2. The van der Waals surface area contributed by atoms with Gasteiger partial charge in [0, 0.05) is 55.7 Å². The molecule has 2 aliphatic carbocycles. The van der Waals surface area contributed by atoms with Crippen LogP contribution in [0, 0.1) is 13.8 Å². The van der Waals surface area contributed by atoms with Gasteiger partial charge < -0.3 is 14.4 Å². The molecule has 0 saturated heterocycles. The molecule has 8 aromatic rings. The van der Waals surface area contributed by atoms with Crippen molar-refractivity contribution in [2.24, 2.45) is 0 Å². The summed E-state index contributed by atoms with van der Waals surface area (Å²) in [4.78, 5) is 5.48. The van der Waals surface area contributed by atoms with Crippen LogP contribution < -0.4 is 26.2 Å². The van der Waals surface area contributed by atoms with Gasteiger partial charge in [-0.3, -0.25) is 0 Å². The first-order chi connectivity index (χ1) is 31.2.